The molecule has 2 aromatic rings. The molecule has 2 aliphatic heterocycles. The monoisotopic (exact) mass is 533 g/mol. The summed E-state index contributed by atoms with van der Waals surface area (Å²) in [5.41, 5.74) is 1.36. The lowest BCUT2D eigenvalue weighted by atomic mass is 9.94. The number of carbonyl (C=O) groups is 3. The fourth-order valence-corrected chi connectivity index (χ4v) is 7.91. The van der Waals surface area contributed by atoms with Crippen molar-refractivity contribution in [3.05, 3.63) is 45.8 Å². The molecule has 0 radical (unpaired) electrons. The fraction of sp³-hybridized carbons (Fsp3) is 0.480. The molecule has 1 aromatic heterocycles. The molecule has 11 heteroatoms. The van der Waals surface area contributed by atoms with E-state index in [1.807, 2.05) is 13.8 Å². The van der Waals surface area contributed by atoms with Crippen molar-refractivity contribution in [1.29, 1.82) is 0 Å². The predicted octanol–water partition coefficient (Wildman–Crippen LogP) is 3.36. The van der Waals surface area contributed by atoms with Crippen molar-refractivity contribution in [2.75, 3.05) is 32.1 Å². The average Bonchev–Trinajstić information content (AvgIpc) is 3.19. The number of fused-ring (bicyclic) bond motifs is 1. The van der Waals surface area contributed by atoms with Crippen LogP contribution >= 0.6 is 11.3 Å². The summed E-state index contributed by atoms with van der Waals surface area (Å²) in [6, 6.07) is 5.84. The Morgan fingerprint density at radius 1 is 1.08 bits per heavy atom. The van der Waals surface area contributed by atoms with Gasteiger partial charge in [-0.1, -0.05) is 13.8 Å². The molecule has 2 unspecified atom stereocenters. The summed E-state index contributed by atoms with van der Waals surface area (Å²) in [5.74, 6) is -0.493. The largest absolute Gasteiger partial charge is 0.465 e. The maximum absolute atomic E-state index is 13.1. The standard InChI is InChI=1S/C25H31N3O6S2/c1-15-11-16(2)13-28(12-15)36(32,33)19-7-5-18(6-8-19)23(30)26-24-22(25(31)34-4)20-9-10-27(17(3)29)14-21(20)35-24/h5-8,15-16H,9-14H2,1-4H3,(H,26,30). The molecule has 1 N–H and O–H groups in total. The van der Waals surface area contributed by atoms with Gasteiger partial charge in [0, 0.05) is 37.0 Å². The van der Waals surface area contributed by atoms with Crippen molar-refractivity contribution in [3.63, 3.8) is 0 Å². The van der Waals surface area contributed by atoms with E-state index in [0.717, 1.165) is 16.9 Å². The lowest BCUT2D eigenvalue weighted by Gasteiger charge is -2.34. The highest BCUT2D eigenvalue weighted by molar-refractivity contribution is 7.89. The van der Waals surface area contributed by atoms with Gasteiger partial charge >= 0.3 is 5.97 Å². The van der Waals surface area contributed by atoms with Crippen molar-refractivity contribution in [3.8, 4) is 0 Å². The minimum atomic E-state index is -3.65. The topological polar surface area (TPSA) is 113 Å². The lowest BCUT2D eigenvalue weighted by molar-refractivity contribution is -0.129. The molecular weight excluding hydrogens is 502 g/mol. The number of rotatable bonds is 5. The molecule has 36 heavy (non-hydrogen) atoms. The van der Waals surface area contributed by atoms with Crippen LogP contribution in [0, 0.1) is 11.8 Å². The van der Waals surface area contributed by atoms with Gasteiger partial charge in [0.25, 0.3) is 5.91 Å². The second-order valence-corrected chi connectivity index (χ2v) is 12.7. The minimum Gasteiger partial charge on any atom is -0.465 e. The molecule has 0 bridgehead atoms. The number of hydrogen-bond acceptors (Lipinski definition) is 7. The average molecular weight is 534 g/mol. The number of esters is 1. The Bertz CT molecular complexity index is 1280. The highest BCUT2D eigenvalue weighted by Crippen LogP contribution is 2.38. The third-order valence-electron chi connectivity index (χ3n) is 6.71. The molecular formula is C25H31N3O6S2. The predicted molar refractivity (Wildman–Crippen MR) is 137 cm³/mol. The van der Waals surface area contributed by atoms with Crippen LogP contribution in [0.5, 0.6) is 0 Å². The maximum atomic E-state index is 13.1. The van der Waals surface area contributed by atoms with Crippen molar-refractivity contribution in [2.24, 2.45) is 11.8 Å². The van der Waals surface area contributed by atoms with Gasteiger partial charge in [0.15, 0.2) is 0 Å². The molecule has 2 amide bonds. The molecule has 1 aromatic carbocycles. The zero-order valence-corrected chi connectivity index (χ0v) is 22.5. The van der Waals surface area contributed by atoms with Crippen molar-refractivity contribution in [2.45, 2.75) is 45.1 Å². The van der Waals surface area contributed by atoms with Gasteiger partial charge in [0.05, 0.1) is 24.1 Å². The van der Waals surface area contributed by atoms with Gasteiger partial charge in [-0.15, -0.1) is 11.3 Å². The first-order chi connectivity index (χ1) is 17.0. The Balaban J connectivity index is 1.55. The summed E-state index contributed by atoms with van der Waals surface area (Å²) in [6.07, 6.45) is 1.49. The quantitative estimate of drug-likeness (QED) is 0.590. The third kappa shape index (κ3) is 5.18. The van der Waals surface area contributed by atoms with Crippen LogP contribution in [0.1, 0.15) is 58.3 Å². The Hall–Kier alpha value is -2.76. The molecule has 9 nitrogen and oxygen atoms in total. The molecule has 0 aliphatic carbocycles. The summed E-state index contributed by atoms with van der Waals surface area (Å²) < 4.78 is 32.7. The van der Waals surface area contributed by atoms with Crippen LogP contribution in [0.15, 0.2) is 29.2 Å². The smallest absolute Gasteiger partial charge is 0.341 e. The highest BCUT2D eigenvalue weighted by Gasteiger charge is 2.32. The second kappa shape index (κ2) is 10.3. The summed E-state index contributed by atoms with van der Waals surface area (Å²) in [7, 11) is -2.37. The summed E-state index contributed by atoms with van der Waals surface area (Å²) >= 11 is 1.25. The molecule has 0 saturated carbocycles. The number of hydrogen-bond donors (Lipinski definition) is 1. The number of benzene rings is 1. The first kappa shape index (κ1) is 26.3. The third-order valence-corrected chi connectivity index (χ3v) is 9.69. The summed E-state index contributed by atoms with van der Waals surface area (Å²) in [6.45, 7) is 7.42. The van der Waals surface area contributed by atoms with Crippen LogP contribution < -0.4 is 5.32 Å². The Morgan fingerprint density at radius 3 is 2.31 bits per heavy atom. The number of nitrogens with one attached hydrogen (secondary N) is 1. The van der Waals surface area contributed by atoms with Gasteiger partial charge in [0.2, 0.25) is 15.9 Å². The summed E-state index contributed by atoms with van der Waals surface area (Å²) in [4.78, 5) is 40.0. The van der Waals surface area contributed by atoms with E-state index in [4.69, 9.17) is 4.74 Å². The second-order valence-electron chi connectivity index (χ2n) is 9.64. The molecule has 3 heterocycles. The number of nitrogens with zero attached hydrogens (tertiary/aromatic N) is 2. The highest BCUT2D eigenvalue weighted by atomic mass is 32.2. The number of sulfonamides is 1. The van der Waals surface area contributed by atoms with E-state index >= 15 is 0 Å². The molecule has 1 saturated heterocycles. The first-order valence-electron chi connectivity index (χ1n) is 11.9. The number of anilines is 1. The van der Waals surface area contributed by atoms with Crippen molar-refractivity contribution >= 4 is 44.1 Å². The van der Waals surface area contributed by atoms with E-state index in [1.165, 1.54) is 53.9 Å². The van der Waals surface area contributed by atoms with Gasteiger partial charge in [-0.3, -0.25) is 9.59 Å². The summed E-state index contributed by atoms with van der Waals surface area (Å²) in [5, 5.41) is 3.15. The Kier molecular flexibility index (Phi) is 7.53. The fourth-order valence-electron chi connectivity index (χ4n) is 4.98. The van der Waals surface area contributed by atoms with Crippen molar-refractivity contribution < 1.29 is 27.5 Å². The van der Waals surface area contributed by atoms with E-state index in [0.29, 0.717) is 43.2 Å². The van der Waals surface area contributed by atoms with E-state index in [-0.39, 0.29) is 28.2 Å². The Morgan fingerprint density at radius 2 is 1.72 bits per heavy atom. The Labute approximate surface area is 215 Å². The van der Waals surface area contributed by atoms with Crippen molar-refractivity contribution in [1.82, 2.24) is 9.21 Å². The molecule has 1 fully saturated rings. The molecule has 2 atom stereocenters. The number of amides is 2. The SMILES string of the molecule is COC(=O)c1c(NC(=O)c2ccc(S(=O)(=O)N3CC(C)CC(C)C3)cc2)sc2c1CCN(C(C)=O)C2. The van der Waals surface area contributed by atoms with Gasteiger partial charge < -0.3 is 15.0 Å². The van der Waals surface area contributed by atoms with E-state index in [9.17, 15) is 22.8 Å². The zero-order chi connectivity index (χ0) is 26.2. The van der Waals surface area contributed by atoms with E-state index in [2.05, 4.69) is 5.32 Å². The van der Waals surface area contributed by atoms with Gasteiger partial charge in [-0.2, -0.15) is 4.31 Å². The number of carbonyl (C=O) groups excluding carboxylic acids is 3. The maximum Gasteiger partial charge on any atom is 0.341 e. The zero-order valence-electron chi connectivity index (χ0n) is 20.9. The molecule has 194 valence electrons. The van der Waals surface area contributed by atoms with Crippen LogP contribution in [-0.2, 0) is 32.5 Å². The van der Waals surface area contributed by atoms with E-state index < -0.39 is 21.9 Å². The van der Waals surface area contributed by atoms with Crippen LogP contribution in [0.2, 0.25) is 0 Å². The molecule has 2 aliphatic rings. The number of ether oxygens (including phenoxy) is 1. The van der Waals surface area contributed by atoms with Crippen LogP contribution in [0.25, 0.3) is 0 Å². The van der Waals surface area contributed by atoms with Gasteiger partial charge in [-0.25, -0.2) is 13.2 Å². The number of piperidine rings is 1. The van der Waals surface area contributed by atoms with Crippen LogP contribution in [0.4, 0.5) is 5.00 Å². The van der Waals surface area contributed by atoms with Gasteiger partial charge in [0.1, 0.15) is 5.00 Å². The molecule has 0 spiro atoms. The number of methoxy groups -OCH3 is 1. The number of thiophene rings is 1. The first-order valence-corrected chi connectivity index (χ1v) is 14.2. The minimum absolute atomic E-state index is 0.0530. The normalized spacial score (nSPS) is 20.5. The van der Waals surface area contributed by atoms with E-state index in [1.54, 1.807) is 4.90 Å². The van der Waals surface area contributed by atoms with Gasteiger partial charge in [-0.05, 0) is 54.5 Å². The van der Waals surface area contributed by atoms with Crippen LogP contribution in [-0.4, -0.2) is 62.2 Å². The lowest BCUT2D eigenvalue weighted by Crippen LogP contribution is -2.42. The van der Waals surface area contributed by atoms with Crippen LogP contribution in [0.3, 0.4) is 0 Å². The molecule has 4 rings (SSSR count).